The monoisotopic (exact) mass is 191 g/mol. The van der Waals surface area contributed by atoms with Crippen LogP contribution in [0, 0.1) is 0 Å². The van der Waals surface area contributed by atoms with Crippen LogP contribution in [0.2, 0.25) is 0 Å². The Hall–Kier alpha value is -0.690. The van der Waals surface area contributed by atoms with Crippen LogP contribution in [0.25, 0.3) is 0 Å². The molecule has 4 N–H and O–H groups in total. The van der Waals surface area contributed by atoms with Crippen LogP contribution >= 0.6 is 0 Å². The molecule has 0 radical (unpaired) electrons. The molecule has 6 heteroatoms. The Kier molecular flexibility index (Phi) is 7.51. The molecule has 0 rings (SSSR count). The van der Waals surface area contributed by atoms with E-state index in [-0.39, 0.29) is 18.5 Å². The average molecular weight is 191 g/mol. The van der Waals surface area contributed by atoms with Crippen LogP contribution in [0.5, 0.6) is 0 Å². The molecule has 0 saturated carbocycles. The van der Waals surface area contributed by atoms with Crippen LogP contribution in [0.3, 0.4) is 0 Å². The van der Waals surface area contributed by atoms with Gasteiger partial charge in [0.1, 0.15) is 0 Å². The lowest BCUT2D eigenvalue weighted by Crippen LogP contribution is -2.44. The number of methoxy groups -OCH3 is 1. The zero-order valence-corrected chi connectivity index (χ0v) is 8.00. The van der Waals surface area contributed by atoms with E-state index in [9.17, 15) is 4.79 Å². The zero-order chi connectivity index (χ0) is 10.1. The van der Waals surface area contributed by atoms with Gasteiger partial charge in [0.05, 0.1) is 25.8 Å². The predicted octanol–water partition coefficient (Wildman–Crippen LogP) is -1.77. The van der Waals surface area contributed by atoms with E-state index < -0.39 is 0 Å². The van der Waals surface area contributed by atoms with Crippen LogP contribution in [0.4, 0.5) is 0 Å². The Balaban J connectivity index is 3.71. The number of rotatable bonds is 7. The summed E-state index contributed by atoms with van der Waals surface area (Å²) in [7, 11) is 3.20. The lowest BCUT2D eigenvalue weighted by atomic mass is 10.3. The van der Waals surface area contributed by atoms with Gasteiger partial charge in [-0.25, -0.2) is 5.48 Å². The molecular weight excluding hydrogens is 174 g/mol. The van der Waals surface area contributed by atoms with E-state index in [0.717, 1.165) is 0 Å². The van der Waals surface area contributed by atoms with Gasteiger partial charge in [0.25, 0.3) is 0 Å². The van der Waals surface area contributed by atoms with Crippen LogP contribution in [0.1, 0.15) is 0 Å². The van der Waals surface area contributed by atoms with E-state index in [1.54, 1.807) is 14.2 Å². The quantitative estimate of drug-likeness (QED) is 0.414. The Bertz CT molecular complexity index is 143. The number of hydrogen-bond acceptors (Lipinski definition) is 5. The minimum atomic E-state index is -0.221. The molecule has 6 nitrogen and oxygen atoms in total. The van der Waals surface area contributed by atoms with Crippen molar-refractivity contribution in [1.82, 2.24) is 10.8 Å². The minimum Gasteiger partial charge on any atom is -0.382 e. The molecule has 0 aliphatic carbocycles. The van der Waals surface area contributed by atoms with Gasteiger partial charge in [-0.15, -0.1) is 0 Å². The fourth-order valence-corrected chi connectivity index (χ4v) is 0.803. The molecule has 0 aliphatic heterocycles. The van der Waals surface area contributed by atoms with Crippen molar-refractivity contribution < 1.29 is 14.4 Å². The standard InChI is InChI=1S/C7H17N3O3/c1-9-13-5-6(4-12-2)10-7(11)3-8/h6,9H,3-5,8H2,1-2H3,(H,10,11). The highest BCUT2D eigenvalue weighted by Crippen LogP contribution is 1.85. The normalized spacial score (nSPS) is 12.5. The summed E-state index contributed by atoms with van der Waals surface area (Å²) >= 11 is 0. The lowest BCUT2D eigenvalue weighted by Gasteiger charge is -2.16. The molecule has 1 unspecified atom stereocenters. The molecule has 0 heterocycles. The number of carbonyl (C=O) groups excluding carboxylic acids is 1. The highest BCUT2D eigenvalue weighted by atomic mass is 16.6. The summed E-state index contributed by atoms with van der Waals surface area (Å²) < 4.78 is 4.88. The molecule has 1 amide bonds. The van der Waals surface area contributed by atoms with Gasteiger partial charge in [-0.2, -0.15) is 0 Å². The Morgan fingerprint density at radius 3 is 2.69 bits per heavy atom. The van der Waals surface area contributed by atoms with Crippen LogP contribution in [-0.4, -0.2) is 45.9 Å². The Morgan fingerprint density at radius 2 is 2.23 bits per heavy atom. The van der Waals surface area contributed by atoms with Crippen molar-refractivity contribution in [3.63, 3.8) is 0 Å². The van der Waals surface area contributed by atoms with Gasteiger partial charge in [0.2, 0.25) is 5.91 Å². The van der Waals surface area contributed by atoms with E-state index in [4.69, 9.17) is 15.3 Å². The Labute approximate surface area is 77.7 Å². The number of carbonyl (C=O) groups is 1. The number of amides is 1. The van der Waals surface area contributed by atoms with E-state index in [2.05, 4.69) is 10.8 Å². The van der Waals surface area contributed by atoms with Crippen molar-refractivity contribution in [2.75, 3.05) is 33.9 Å². The molecule has 0 bridgehead atoms. The van der Waals surface area contributed by atoms with Crippen molar-refractivity contribution in [3.05, 3.63) is 0 Å². The van der Waals surface area contributed by atoms with Crippen LogP contribution in [0.15, 0.2) is 0 Å². The molecule has 0 aromatic rings. The van der Waals surface area contributed by atoms with Crippen molar-refractivity contribution in [3.8, 4) is 0 Å². The summed E-state index contributed by atoms with van der Waals surface area (Å²) in [5, 5.41) is 2.65. The maximum Gasteiger partial charge on any atom is 0.234 e. The first-order chi connectivity index (χ1) is 6.24. The van der Waals surface area contributed by atoms with E-state index >= 15 is 0 Å². The van der Waals surface area contributed by atoms with Crippen molar-refractivity contribution in [1.29, 1.82) is 0 Å². The summed E-state index contributed by atoms with van der Waals surface area (Å²) in [5.74, 6) is -0.221. The highest BCUT2D eigenvalue weighted by Gasteiger charge is 2.10. The van der Waals surface area contributed by atoms with E-state index in [1.807, 2.05) is 0 Å². The highest BCUT2D eigenvalue weighted by molar-refractivity contribution is 5.78. The molecule has 0 fully saturated rings. The SMILES string of the molecule is CNOCC(COC)NC(=O)CN. The minimum absolute atomic E-state index is 0.0280. The maximum absolute atomic E-state index is 10.9. The van der Waals surface area contributed by atoms with E-state index in [1.165, 1.54) is 0 Å². The van der Waals surface area contributed by atoms with Crippen molar-refractivity contribution >= 4 is 5.91 Å². The molecule has 0 aliphatic rings. The first-order valence-corrected chi connectivity index (χ1v) is 4.01. The van der Waals surface area contributed by atoms with Crippen LogP contribution < -0.4 is 16.5 Å². The number of nitrogens with one attached hydrogen (secondary N) is 2. The molecule has 0 aromatic carbocycles. The summed E-state index contributed by atoms with van der Waals surface area (Å²) in [4.78, 5) is 15.8. The topological polar surface area (TPSA) is 85.6 Å². The average Bonchev–Trinajstić information content (AvgIpc) is 2.14. The smallest absolute Gasteiger partial charge is 0.234 e. The lowest BCUT2D eigenvalue weighted by molar-refractivity contribution is -0.121. The zero-order valence-electron chi connectivity index (χ0n) is 8.00. The van der Waals surface area contributed by atoms with Gasteiger partial charge in [-0.3, -0.25) is 9.63 Å². The first-order valence-electron chi connectivity index (χ1n) is 4.01. The fourth-order valence-electron chi connectivity index (χ4n) is 0.803. The van der Waals surface area contributed by atoms with Crippen molar-refractivity contribution in [2.45, 2.75) is 6.04 Å². The fraction of sp³-hybridized carbons (Fsp3) is 0.857. The van der Waals surface area contributed by atoms with Gasteiger partial charge >= 0.3 is 0 Å². The molecule has 0 spiro atoms. The molecular formula is C7H17N3O3. The summed E-state index contributed by atoms with van der Waals surface area (Å²) in [6, 6.07) is -0.173. The third-order valence-electron chi connectivity index (χ3n) is 1.35. The number of nitrogens with two attached hydrogens (primary N) is 1. The van der Waals surface area contributed by atoms with Gasteiger partial charge < -0.3 is 15.8 Å². The Morgan fingerprint density at radius 1 is 1.54 bits per heavy atom. The molecule has 1 atom stereocenters. The molecule has 13 heavy (non-hydrogen) atoms. The van der Waals surface area contributed by atoms with E-state index in [0.29, 0.717) is 13.2 Å². The number of hydroxylamine groups is 1. The van der Waals surface area contributed by atoms with Crippen LogP contribution in [-0.2, 0) is 14.4 Å². The number of hydrogen-bond donors (Lipinski definition) is 3. The predicted molar refractivity (Wildman–Crippen MR) is 47.9 cm³/mol. The second kappa shape index (κ2) is 7.93. The first kappa shape index (κ1) is 12.3. The molecule has 78 valence electrons. The largest absolute Gasteiger partial charge is 0.382 e. The van der Waals surface area contributed by atoms with Gasteiger partial charge in [-0.05, 0) is 0 Å². The van der Waals surface area contributed by atoms with Gasteiger partial charge in [0, 0.05) is 14.2 Å². The second-order valence-electron chi connectivity index (χ2n) is 2.44. The third-order valence-corrected chi connectivity index (χ3v) is 1.35. The summed E-state index contributed by atoms with van der Waals surface area (Å²) in [5.41, 5.74) is 7.65. The maximum atomic E-state index is 10.9. The second-order valence-corrected chi connectivity index (χ2v) is 2.44. The van der Waals surface area contributed by atoms with Gasteiger partial charge in [-0.1, -0.05) is 0 Å². The summed E-state index contributed by atoms with van der Waals surface area (Å²) in [6.07, 6.45) is 0. The molecule has 0 aromatic heterocycles. The van der Waals surface area contributed by atoms with Gasteiger partial charge in [0.15, 0.2) is 0 Å². The molecule has 0 saturated heterocycles. The number of ether oxygens (including phenoxy) is 1. The van der Waals surface area contributed by atoms with Crippen molar-refractivity contribution in [2.24, 2.45) is 5.73 Å². The summed E-state index contributed by atoms with van der Waals surface area (Å²) in [6.45, 7) is 0.712. The third kappa shape index (κ3) is 6.47.